The molecule has 0 aliphatic carbocycles. The molecule has 144 valence electrons. The van der Waals surface area contributed by atoms with Gasteiger partial charge in [-0.2, -0.15) is 0 Å². The summed E-state index contributed by atoms with van der Waals surface area (Å²) in [6.07, 6.45) is 0. The number of aromatic nitrogens is 2. The van der Waals surface area contributed by atoms with Crippen molar-refractivity contribution in [2.24, 2.45) is 0 Å². The van der Waals surface area contributed by atoms with Gasteiger partial charge in [0.2, 0.25) is 5.91 Å². The minimum absolute atomic E-state index is 0.0960. The standard InChI is InChI=1S/C20H20N4O3S/c1-27-18-10-6-5-9-16(18)12-24(20(26)17-14-28-23-22-17)13-19(25)21-11-15-7-3-2-4-8-15/h2-10,14H,11-13H2,1H3,(H,21,25). The molecule has 0 unspecified atom stereocenters. The summed E-state index contributed by atoms with van der Waals surface area (Å²) in [6, 6.07) is 17.0. The first kappa shape index (κ1) is 19.5. The van der Waals surface area contributed by atoms with Gasteiger partial charge in [-0.3, -0.25) is 9.59 Å². The van der Waals surface area contributed by atoms with Gasteiger partial charge in [0.05, 0.1) is 13.7 Å². The molecule has 0 spiro atoms. The van der Waals surface area contributed by atoms with Gasteiger partial charge in [0.15, 0.2) is 5.69 Å². The fourth-order valence-corrected chi connectivity index (χ4v) is 3.11. The van der Waals surface area contributed by atoms with Crippen molar-refractivity contribution in [1.82, 2.24) is 19.8 Å². The maximum absolute atomic E-state index is 12.8. The van der Waals surface area contributed by atoms with Crippen LogP contribution in [0.1, 0.15) is 21.6 Å². The Bertz CT molecular complexity index is 916. The number of hydrogen-bond donors (Lipinski definition) is 1. The largest absolute Gasteiger partial charge is 0.496 e. The average Bonchev–Trinajstić information content (AvgIpc) is 3.27. The number of ether oxygens (including phenoxy) is 1. The lowest BCUT2D eigenvalue weighted by atomic mass is 10.1. The maximum atomic E-state index is 12.8. The SMILES string of the molecule is COc1ccccc1CN(CC(=O)NCc1ccccc1)C(=O)c1csnn1. The van der Waals surface area contributed by atoms with E-state index in [0.29, 0.717) is 12.3 Å². The predicted octanol–water partition coefficient (Wildman–Crippen LogP) is 2.51. The molecule has 1 N–H and O–H groups in total. The molecule has 1 heterocycles. The van der Waals surface area contributed by atoms with Crippen LogP contribution in [0.3, 0.4) is 0 Å². The second-order valence-corrected chi connectivity index (χ2v) is 6.64. The molecule has 8 heteroatoms. The molecule has 3 rings (SSSR count). The summed E-state index contributed by atoms with van der Waals surface area (Å²) in [7, 11) is 1.57. The fourth-order valence-electron chi connectivity index (χ4n) is 2.68. The van der Waals surface area contributed by atoms with Crippen LogP contribution in [0.5, 0.6) is 5.75 Å². The smallest absolute Gasteiger partial charge is 0.276 e. The molecule has 7 nitrogen and oxygen atoms in total. The molecule has 1 aromatic heterocycles. The zero-order valence-electron chi connectivity index (χ0n) is 15.4. The van der Waals surface area contributed by atoms with Gasteiger partial charge in [0, 0.05) is 17.5 Å². The van der Waals surface area contributed by atoms with Gasteiger partial charge in [0.25, 0.3) is 5.91 Å². The van der Waals surface area contributed by atoms with Crippen molar-refractivity contribution in [1.29, 1.82) is 0 Å². The number of para-hydroxylation sites is 1. The molecule has 0 bridgehead atoms. The van der Waals surface area contributed by atoms with E-state index in [-0.39, 0.29) is 30.6 Å². The summed E-state index contributed by atoms with van der Waals surface area (Å²) in [6.45, 7) is 0.523. The lowest BCUT2D eigenvalue weighted by molar-refractivity contribution is -0.122. The third-order valence-corrected chi connectivity index (χ3v) is 4.59. The van der Waals surface area contributed by atoms with E-state index in [2.05, 4.69) is 14.9 Å². The summed E-state index contributed by atoms with van der Waals surface area (Å²) >= 11 is 1.09. The first-order valence-corrected chi connectivity index (χ1v) is 9.50. The van der Waals surface area contributed by atoms with E-state index in [1.165, 1.54) is 4.90 Å². The highest BCUT2D eigenvalue weighted by molar-refractivity contribution is 7.03. The first-order valence-electron chi connectivity index (χ1n) is 8.66. The van der Waals surface area contributed by atoms with Crippen molar-refractivity contribution in [2.75, 3.05) is 13.7 Å². The number of carbonyl (C=O) groups excluding carboxylic acids is 2. The molecular formula is C20H20N4O3S. The van der Waals surface area contributed by atoms with Gasteiger partial charge in [-0.25, -0.2) is 0 Å². The second kappa shape index (κ2) is 9.61. The van der Waals surface area contributed by atoms with Crippen LogP contribution in [0.25, 0.3) is 0 Å². The van der Waals surface area contributed by atoms with Crippen LogP contribution >= 0.6 is 11.5 Å². The van der Waals surface area contributed by atoms with Crippen molar-refractivity contribution in [2.45, 2.75) is 13.1 Å². The van der Waals surface area contributed by atoms with Gasteiger partial charge < -0.3 is 15.0 Å². The summed E-state index contributed by atoms with van der Waals surface area (Å²) in [5, 5.41) is 8.25. The molecule has 0 radical (unpaired) electrons. The Balaban J connectivity index is 1.72. The van der Waals surface area contributed by atoms with Gasteiger partial charge in [0.1, 0.15) is 12.3 Å². The van der Waals surface area contributed by atoms with Crippen LogP contribution < -0.4 is 10.1 Å². The lowest BCUT2D eigenvalue weighted by Gasteiger charge is -2.22. The molecule has 3 aromatic rings. The van der Waals surface area contributed by atoms with Crippen LogP contribution in [0, 0.1) is 0 Å². The number of methoxy groups -OCH3 is 1. The van der Waals surface area contributed by atoms with Gasteiger partial charge >= 0.3 is 0 Å². The zero-order valence-corrected chi connectivity index (χ0v) is 16.2. The molecule has 0 aliphatic rings. The van der Waals surface area contributed by atoms with Crippen LogP contribution in [0.4, 0.5) is 0 Å². The van der Waals surface area contributed by atoms with Crippen molar-refractivity contribution < 1.29 is 14.3 Å². The molecule has 0 aliphatic heterocycles. The number of amides is 2. The van der Waals surface area contributed by atoms with Crippen LogP contribution in [0.15, 0.2) is 60.0 Å². The Hall–Kier alpha value is -3.26. The van der Waals surface area contributed by atoms with E-state index in [0.717, 1.165) is 22.7 Å². The van der Waals surface area contributed by atoms with Gasteiger partial charge in [-0.1, -0.05) is 53.0 Å². The van der Waals surface area contributed by atoms with Gasteiger partial charge in [-0.05, 0) is 23.2 Å². The Morgan fingerprint density at radius 3 is 2.57 bits per heavy atom. The number of carbonyl (C=O) groups is 2. The minimum Gasteiger partial charge on any atom is -0.496 e. The number of hydrogen-bond acceptors (Lipinski definition) is 6. The molecule has 28 heavy (non-hydrogen) atoms. The second-order valence-electron chi connectivity index (χ2n) is 6.03. The van der Waals surface area contributed by atoms with Crippen LogP contribution in [0.2, 0.25) is 0 Å². The van der Waals surface area contributed by atoms with Crippen molar-refractivity contribution in [3.63, 3.8) is 0 Å². The van der Waals surface area contributed by atoms with E-state index in [4.69, 9.17) is 4.74 Å². The van der Waals surface area contributed by atoms with E-state index in [1.807, 2.05) is 54.6 Å². The topological polar surface area (TPSA) is 84.4 Å². The Morgan fingerprint density at radius 1 is 1.11 bits per heavy atom. The highest BCUT2D eigenvalue weighted by Crippen LogP contribution is 2.20. The molecule has 2 aromatic carbocycles. The highest BCUT2D eigenvalue weighted by Gasteiger charge is 2.22. The maximum Gasteiger partial charge on any atom is 0.276 e. The number of nitrogens with zero attached hydrogens (tertiary/aromatic N) is 3. The molecule has 0 atom stereocenters. The highest BCUT2D eigenvalue weighted by atomic mass is 32.1. The summed E-state index contributed by atoms with van der Waals surface area (Å²) in [5.74, 6) is 0.0474. The Labute approximate surface area is 167 Å². The molecule has 0 fully saturated rings. The molecule has 0 saturated carbocycles. The lowest BCUT2D eigenvalue weighted by Crippen LogP contribution is -2.40. The van der Waals surface area contributed by atoms with Crippen molar-refractivity contribution in [3.8, 4) is 5.75 Å². The summed E-state index contributed by atoms with van der Waals surface area (Å²) in [5.41, 5.74) is 2.01. The van der Waals surface area contributed by atoms with Crippen molar-refractivity contribution in [3.05, 3.63) is 76.8 Å². The third kappa shape index (κ3) is 5.14. The fraction of sp³-hybridized carbons (Fsp3) is 0.200. The van der Waals surface area contributed by atoms with Crippen LogP contribution in [-0.2, 0) is 17.9 Å². The predicted molar refractivity (Wildman–Crippen MR) is 106 cm³/mol. The number of nitrogens with one attached hydrogen (secondary N) is 1. The number of rotatable bonds is 8. The monoisotopic (exact) mass is 396 g/mol. The zero-order chi connectivity index (χ0) is 19.8. The van der Waals surface area contributed by atoms with E-state index < -0.39 is 0 Å². The molecule has 0 saturated heterocycles. The molecular weight excluding hydrogens is 376 g/mol. The Morgan fingerprint density at radius 2 is 1.86 bits per heavy atom. The quantitative estimate of drug-likeness (QED) is 0.632. The van der Waals surface area contributed by atoms with Gasteiger partial charge in [-0.15, -0.1) is 5.10 Å². The average molecular weight is 396 g/mol. The van der Waals surface area contributed by atoms with Crippen LogP contribution in [-0.4, -0.2) is 40.0 Å². The number of benzene rings is 2. The summed E-state index contributed by atoms with van der Waals surface area (Å²) < 4.78 is 9.10. The van der Waals surface area contributed by atoms with E-state index >= 15 is 0 Å². The normalized spacial score (nSPS) is 10.3. The van der Waals surface area contributed by atoms with E-state index in [1.54, 1.807) is 12.5 Å². The van der Waals surface area contributed by atoms with E-state index in [9.17, 15) is 9.59 Å². The van der Waals surface area contributed by atoms with Crippen molar-refractivity contribution >= 4 is 23.3 Å². The minimum atomic E-state index is -0.352. The third-order valence-electron chi connectivity index (χ3n) is 4.09. The summed E-state index contributed by atoms with van der Waals surface area (Å²) in [4.78, 5) is 26.7. The Kier molecular flexibility index (Phi) is 6.69. The molecule has 2 amide bonds. The first-order chi connectivity index (χ1) is 13.7.